The fraction of sp³-hybridized carbons (Fsp3) is 0.471. The Balaban J connectivity index is 1.45. The predicted octanol–water partition coefficient (Wildman–Crippen LogP) is 2.78. The topological polar surface area (TPSA) is 109 Å². The molecule has 0 radical (unpaired) electrons. The van der Waals surface area contributed by atoms with Crippen molar-refractivity contribution < 1.29 is 27.6 Å². The van der Waals surface area contributed by atoms with Gasteiger partial charge in [0.1, 0.15) is 5.54 Å². The van der Waals surface area contributed by atoms with Gasteiger partial charge in [0.25, 0.3) is 5.91 Å². The summed E-state index contributed by atoms with van der Waals surface area (Å²) in [6.07, 6.45) is -0.260. The van der Waals surface area contributed by atoms with E-state index in [1.54, 1.807) is 0 Å². The van der Waals surface area contributed by atoms with E-state index in [1.807, 2.05) is 0 Å². The molecular formula is C17H16ClF3N6O3S. The number of imide groups is 1. The van der Waals surface area contributed by atoms with Crippen LogP contribution in [-0.4, -0.2) is 48.7 Å². The molecule has 0 unspecified atom stereocenters. The van der Waals surface area contributed by atoms with Gasteiger partial charge in [-0.1, -0.05) is 42.6 Å². The molecule has 0 atom stereocenters. The lowest BCUT2D eigenvalue weighted by atomic mass is 9.82. The molecule has 2 aliphatic rings. The third-order valence-corrected chi connectivity index (χ3v) is 6.41. The van der Waals surface area contributed by atoms with E-state index in [0.29, 0.717) is 17.9 Å². The molecule has 2 aromatic heterocycles. The molecule has 2 aromatic rings. The number of amides is 4. The van der Waals surface area contributed by atoms with Crippen molar-refractivity contribution in [2.75, 3.05) is 5.75 Å². The lowest BCUT2D eigenvalue weighted by molar-refractivity contribution is -0.139. The Morgan fingerprint density at radius 1 is 1.26 bits per heavy atom. The van der Waals surface area contributed by atoms with Crippen LogP contribution in [0.5, 0.6) is 0 Å². The van der Waals surface area contributed by atoms with E-state index in [1.165, 1.54) is 0 Å². The van der Waals surface area contributed by atoms with E-state index in [2.05, 4.69) is 20.9 Å². The van der Waals surface area contributed by atoms with Crippen LogP contribution in [0.4, 0.5) is 18.0 Å². The van der Waals surface area contributed by atoms with E-state index in [-0.39, 0.29) is 21.6 Å². The van der Waals surface area contributed by atoms with Gasteiger partial charge < -0.3 is 5.32 Å². The summed E-state index contributed by atoms with van der Waals surface area (Å²) in [7, 11) is 0. The monoisotopic (exact) mass is 476 g/mol. The molecule has 4 rings (SSSR count). The van der Waals surface area contributed by atoms with Crippen LogP contribution in [0.15, 0.2) is 17.4 Å². The first-order valence-electron chi connectivity index (χ1n) is 9.31. The molecule has 0 bridgehead atoms. The van der Waals surface area contributed by atoms with Crippen molar-refractivity contribution in [2.45, 2.75) is 49.0 Å². The molecule has 1 saturated carbocycles. The fourth-order valence-corrected chi connectivity index (χ4v) is 4.64. The van der Waals surface area contributed by atoms with Crippen molar-refractivity contribution >= 4 is 46.9 Å². The zero-order valence-electron chi connectivity index (χ0n) is 15.8. The first-order chi connectivity index (χ1) is 14.6. The minimum atomic E-state index is -4.63. The molecule has 1 aliphatic heterocycles. The number of pyridine rings is 1. The fourth-order valence-electron chi connectivity index (χ4n) is 3.69. The molecule has 1 saturated heterocycles. The highest BCUT2D eigenvalue weighted by Gasteiger charge is 2.52. The van der Waals surface area contributed by atoms with Crippen molar-refractivity contribution in [3.63, 3.8) is 0 Å². The van der Waals surface area contributed by atoms with Crippen molar-refractivity contribution in [3.05, 3.63) is 22.8 Å². The highest BCUT2D eigenvalue weighted by molar-refractivity contribution is 7.99. The Bertz CT molecular complexity index is 1070. The van der Waals surface area contributed by atoms with Gasteiger partial charge in [0.15, 0.2) is 10.8 Å². The number of thioether (sulfide) groups is 1. The number of hydrazine groups is 1. The Morgan fingerprint density at radius 2 is 1.97 bits per heavy atom. The van der Waals surface area contributed by atoms with Crippen LogP contribution in [0.25, 0.3) is 5.65 Å². The minimum Gasteiger partial charge on any atom is -0.322 e. The van der Waals surface area contributed by atoms with E-state index in [0.717, 1.165) is 47.7 Å². The second-order valence-electron chi connectivity index (χ2n) is 7.29. The maximum absolute atomic E-state index is 13.0. The Hall–Kier alpha value is -2.54. The first kappa shape index (κ1) is 21.7. The van der Waals surface area contributed by atoms with Crippen LogP contribution in [0.2, 0.25) is 5.02 Å². The van der Waals surface area contributed by atoms with E-state index in [9.17, 15) is 27.6 Å². The zero-order chi connectivity index (χ0) is 22.4. The van der Waals surface area contributed by atoms with Gasteiger partial charge in [-0.25, -0.2) is 4.79 Å². The van der Waals surface area contributed by atoms with Gasteiger partial charge >= 0.3 is 12.2 Å². The average molecular weight is 477 g/mol. The van der Waals surface area contributed by atoms with Crippen LogP contribution in [-0.2, 0) is 15.8 Å². The normalized spacial score (nSPS) is 18.6. The van der Waals surface area contributed by atoms with Crippen LogP contribution in [0.3, 0.4) is 0 Å². The maximum Gasteiger partial charge on any atom is 0.417 e. The second kappa shape index (κ2) is 7.86. The van der Waals surface area contributed by atoms with Gasteiger partial charge in [-0.3, -0.25) is 19.4 Å². The number of nitrogens with zero attached hydrogens (tertiary/aromatic N) is 4. The van der Waals surface area contributed by atoms with Gasteiger partial charge in [-0.05, 0) is 18.9 Å². The summed E-state index contributed by atoms with van der Waals surface area (Å²) < 4.78 is 40.2. The Labute approximate surface area is 182 Å². The summed E-state index contributed by atoms with van der Waals surface area (Å²) in [5.74, 6) is -1.53. The number of alkyl halides is 3. The molecule has 0 aromatic carbocycles. The van der Waals surface area contributed by atoms with Crippen LogP contribution >= 0.6 is 23.4 Å². The first-order valence-corrected chi connectivity index (χ1v) is 10.7. The van der Waals surface area contributed by atoms with Gasteiger partial charge in [0.05, 0.1) is 16.3 Å². The van der Waals surface area contributed by atoms with E-state index in [4.69, 9.17) is 11.6 Å². The highest BCUT2D eigenvalue weighted by atomic mass is 35.5. The van der Waals surface area contributed by atoms with E-state index >= 15 is 0 Å². The van der Waals surface area contributed by atoms with Crippen molar-refractivity contribution in [1.82, 2.24) is 30.3 Å². The molecule has 3 heterocycles. The summed E-state index contributed by atoms with van der Waals surface area (Å²) in [4.78, 5) is 37.2. The SMILES string of the molecule is O=C(CSc1nnc2c(Cl)cc(C(F)(F)F)cn12)NN1C(=O)NC2(CCCCC2)C1=O. The number of nitrogens with one attached hydrogen (secondary N) is 2. The number of halogens is 4. The minimum absolute atomic E-state index is 0.000833. The summed E-state index contributed by atoms with van der Waals surface area (Å²) in [6, 6.07) is 0.0329. The average Bonchev–Trinajstić information content (AvgIpc) is 3.21. The molecule has 14 heteroatoms. The highest BCUT2D eigenvalue weighted by Crippen LogP contribution is 2.34. The lowest BCUT2D eigenvalue weighted by Gasteiger charge is -2.30. The molecule has 9 nitrogen and oxygen atoms in total. The number of fused-ring (bicyclic) bond motifs is 1. The quantitative estimate of drug-likeness (QED) is 0.519. The number of hydrogen-bond acceptors (Lipinski definition) is 6. The zero-order valence-corrected chi connectivity index (χ0v) is 17.4. The summed E-state index contributed by atoms with van der Waals surface area (Å²) in [6.45, 7) is 0. The van der Waals surface area contributed by atoms with Crippen molar-refractivity contribution in [1.29, 1.82) is 0 Å². The maximum atomic E-state index is 13.0. The summed E-state index contributed by atoms with van der Waals surface area (Å²) >= 11 is 6.65. The molecule has 2 N–H and O–H groups in total. The van der Waals surface area contributed by atoms with Gasteiger partial charge in [0.2, 0.25) is 5.91 Å². The number of hydrogen-bond donors (Lipinski definition) is 2. The Morgan fingerprint density at radius 3 is 2.65 bits per heavy atom. The van der Waals surface area contributed by atoms with Gasteiger partial charge in [-0.15, -0.1) is 10.2 Å². The standard InChI is InChI=1S/C17H16ClF3N6O3S/c18-10-6-9(17(19,20)21)7-26-12(10)23-24-15(26)31-8-11(28)25-27-13(29)16(22-14(27)30)4-2-1-3-5-16/h6-7H,1-5,8H2,(H,22,30)(H,25,28). The van der Waals surface area contributed by atoms with Gasteiger partial charge in [-0.2, -0.15) is 18.2 Å². The predicted molar refractivity (Wildman–Crippen MR) is 103 cm³/mol. The smallest absolute Gasteiger partial charge is 0.322 e. The number of aromatic nitrogens is 3. The molecule has 31 heavy (non-hydrogen) atoms. The number of rotatable bonds is 4. The summed E-state index contributed by atoms with van der Waals surface area (Å²) in [5.41, 5.74) is 0.287. The molecular weight excluding hydrogens is 461 g/mol. The van der Waals surface area contributed by atoms with E-state index < -0.39 is 35.1 Å². The molecule has 1 aliphatic carbocycles. The van der Waals surface area contributed by atoms with Crippen LogP contribution < -0.4 is 10.7 Å². The lowest BCUT2D eigenvalue weighted by Crippen LogP contribution is -2.51. The number of urea groups is 1. The second-order valence-corrected chi connectivity index (χ2v) is 8.64. The Kier molecular flexibility index (Phi) is 5.50. The number of carbonyl (C=O) groups is 3. The third-order valence-electron chi connectivity index (χ3n) is 5.19. The molecule has 2 fully saturated rings. The van der Waals surface area contributed by atoms with Crippen molar-refractivity contribution in [2.24, 2.45) is 0 Å². The number of carbonyl (C=O) groups excluding carboxylic acids is 3. The molecule has 166 valence electrons. The van der Waals surface area contributed by atoms with Crippen LogP contribution in [0, 0.1) is 0 Å². The van der Waals surface area contributed by atoms with Crippen LogP contribution in [0.1, 0.15) is 37.7 Å². The third kappa shape index (κ3) is 4.03. The summed E-state index contributed by atoms with van der Waals surface area (Å²) in [5, 5.41) is 10.6. The largest absolute Gasteiger partial charge is 0.417 e. The molecule has 4 amide bonds. The van der Waals surface area contributed by atoms with Crippen molar-refractivity contribution in [3.8, 4) is 0 Å². The van der Waals surface area contributed by atoms with Gasteiger partial charge in [0, 0.05) is 6.20 Å². The molecule has 1 spiro atoms.